The van der Waals surface area contributed by atoms with Gasteiger partial charge in [0.25, 0.3) is 0 Å². The standard InChI is InChI=1S/C14H17NO5/c1-9(5-14(17)18)4-13(16)15-7-10-2-3-11-12(6-10)20-8-19-11/h2-3,6,9H,4-5,7-8H2,1H3,(H,15,16)(H,17,18)/t9-/m1/s1. The third-order valence-corrected chi connectivity index (χ3v) is 2.98. The molecule has 6 heteroatoms. The number of rotatable bonds is 6. The number of hydrogen-bond acceptors (Lipinski definition) is 4. The SMILES string of the molecule is C[C@@H](CC(=O)O)CC(=O)NCc1ccc2c(c1)OCO2. The van der Waals surface area contributed by atoms with Crippen molar-refractivity contribution in [2.24, 2.45) is 5.92 Å². The molecule has 0 spiro atoms. The maximum absolute atomic E-state index is 11.7. The second-order valence-corrected chi connectivity index (χ2v) is 4.87. The first-order chi connectivity index (χ1) is 9.54. The Morgan fingerprint density at radius 2 is 2.05 bits per heavy atom. The van der Waals surface area contributed by atoms with Gasteiger partial charge in [0, 0.05) is 19.4 Å². The van der Waals surface area contributed by atoms with E-state index < -0.39 is 5.97 Å². The minimum Gasteiger partial charge on any atom is -0.481 e. The highest BCUT2D eigenvalue weighted by molar-refractivity contribution is 5.77. The molecule has 1 aliphatic heterocycles. The Morgan fingerprint density at radius 1 is 1.30 bits per heavy atom. The van der Waals surface area contributed by atoms with Crippen molar-refractivity contribution in [2.45, 2.75) is 26.3 Å². The van der Waals surface area contributed by atoms with Gasteiger partial charge in [-0.2, -0.15) is 0 Å². The van der Waals surface area contributed by atoms with Crippen LogP contribution in [-0.2, 0) is 16.1 Å². The summed E-state index contributed by atoms with van der Waals surface area (Å²) in [5.74, 6) is 0.160. The van der Waals surface area contributed by atoms with E-state index in [4.69, 9.17) is 14.6 Å². The second kappa shape index (κ2) is 6.27. The van der Waals surface area contributed by atoms with Gasteiger partial charge in [-0.05, 0) is 23.6 Å². The second-order valence-electron chi connectivity index (χ2n) is 4.87. The third kappa shape index (κ3) is 3.88. The number of aliphatic carboxylic acids is 1. The molecule has 0 unspecified atom stereocenters. The highest BCUT2D eigenvalue weighted by atomic mass is 16.7. The molecule has 1 atom stereocenters. The molecule has 1 aromatic rings. The van der Waals surface area contributed by atoms with Gasteiger partial charge >= 0.3 is 5.97 Å². The van der Waals surface area contributed by atoms with Gasteiger partial charge in [0.05, 0.1) is 0 Å². The number of benzene rings is 1. The first-order valence-corrected chi connectivity index (χ1v) is 6.41. The lowest BCUT2D eigenvalue weighted by atomic mass is 10.0. The lowest BCUT2D eigenvalue weighted by molar-refractivity contribution is -0.138. The zero-order valence-electron chi connectivity index (χ0n) is 11.2. The van der Waals surface area contributed by atoms with Crippen LogP contribution in [0, 0.1) is 5.92 Å². The lowest BCUT2D eigenvalue weighted by Gasteiger charge is -2.09. The highest BCUT2D eigenvalue weighted by Gasteiger charge is 2.15. The number of carbonyl (C=O) groups is 2. The normalized spacial score (nSPS) is 13.8. The molecule has 0 fully saturated rings. The number of amides is 1. The summed E-state index contributed by atoms with van der Waals surface area (Å²) < 4.78 is 10.5. The molecular weight excluding hydrogens is 262 g/mol. The van der Waals surface area contributed by atoms with Crippen molar-refractivity contribution in [3.8, 4) is 11.5 Å². The maximum atomic E-state index is 11.7. The molecule has 1 aromatic carbocycles. The lowest BCUT2D eigenvalue weighted by Crippen LogP contribution is -2.25. The molecule has 6 nitrogen and oxygen atoms in total. The van der Waals surface area contributed by atoms with Crippen molar-refractivity contribution in [1.82, 2.24) is 5.32 Å². The molecule has 1 amide bonds. The molecule has 2 rings (SSSR count). The fraction of sp³-hybridized carbons (Fsp3) is 0.429. The number of nitrogens with one attached hydrogen (secondary N) is 1. The van der Waals surface area contributed by atoms with E-state index in [2.05, 4.69) is 5.32 Å². The van der Waals surface area contributed by atoms with E-state index in [-0.39, 0.29) is 31.5 Å². The Bertz CT molecular complexity index is 514. The monoisotopic (exact) mass is 279 g/mol. The van der Waals surface area contributed by atoms with E-state index in [0.717, 1.165) is 5.56 Å². The number of ether oxygens (including phenoxy) is 2. The van der Waals surface area contributed by atoms with Crippen LogP contribution in [0.15, 0.2) is 18.2 Å². The summed E-state index contributed by atoms with van der Waals surface area (Å²) in [6.45, 7) is 2.35. The van der Waals surface area contributed by atoms with Crippen molar-refractivity contribution in [3.05, 3.63) is 23.8 Å². The van der Waals surface area contributed by atoms with Crippen molar-refractivity contribution in [3.63, 3.8) is 0 Å². The van der Waals surface area contributed by atoms with Crippen LogP contribution in [0.2, 0.25) is 0 Å². The molecule has 1 aliphatic rings. The minimum atomic E-state index is -0.888. The summed E-state index contributed by atoms with van der Waals surface area (Å²) >= 11 is 0. The average Bonchev–Trinajstić information content (AvgIpc) is 2.82. The van der Waals surface area contributed by atoms with Crippen LogP contribution < -0.4 is 14.8 Å². The molecule has 2 N–H and O–H groups in total. The van der Waals surface area contributed by atoms with Gasteiger partial charge in [-0.25, -0.2) is 0 Å². The number of fused-ring (bicyclic) bond motifs is 1. The molecule has 108 valence electrons. The van der Waals surface area contributed by atoms with Crippen molar-refractivity contribution in [1.29, 1.82) is 0 Å². The fourth-order valence-electron chi connectivity index (χ4n) is 2.01. The Hall–Kier alpha value is -2.24. The van der Waals surface area contributed by atoms with Crippen LogP contribution in [0.1, 0.15) is 25.3 Å². The molecule has 0 aliphatic carbocycles. The Morgan fingerprint density at radius 3 is 2.80 bits per heavy atom. The smallest absolute Gasteiger partial charge is 0.303 e. The van der Waals surface area contributed by atoms with Gasteiger partial charge < -0.3 is 19.9 Å². The van der Waals surface area contributed by atoms with Crippen molar-refractivity contribution in [2.75, 3.05) is 6.79 Å². The van der Waals surface area contributed by atoms with Crippen molar-refractivity contribution < 1.29 is 24.2 Å². The zero-order chi connectivity index (χ0) is 14.5. The predicted octanol–water partition coefficient (Wildman–Crippen LogP) is 1.53. The Balaban J connectivity index is 1.80. The molecule has 0 radical (unpaired) electrons. The van der Waals surface area contributed by atoms with Crippen LogP contribution >= 0.6 is 0 Å². The zero-order valence-corrected chi connectivity index (χ0v) is 11.2. The molecule has 20 heavy (non-hydrogen) atoms. The summed E-state index contributed by atoms with van der Waals surface area (Å²) in [7, 11) is 0. The van der Waals surface area contributed by atoms with Crippen molar-refractivity contribution >= 4 is 11.9 Å². The average molecular weight is 279 g/mol. The third-order valence-electron chi connectivity index (χ3n) is 2.98. The summed E-state index contributed by atoms with van der Waals surface area (Å²) in [5, 5.41) is 11.4. The largest absolute Gasteiger partial charge is 0.481 e. The molecule has 0 bridgehead atoms. The Labute approximate surface area is 116 Å². The van der Waals surface area contributed by atoms with E-state index >= 15 is 0 Å². The van der Waals surface area contributed by atoms with E-state index in [1.54, 1.807) is 13.0 Å². The fourth-order valence-corrected chi connectivity index (χ4v) is 2.01. The summed E-state index contributed by atoms with van der Waals surface area (Å²) in [6.07, 6.45) is 0.203. The Kier molecular flexibility index (Phi) is 4.45. The van der Waals surface area contributed by atoms with Crippen LogP contribution in [0.25, 0.3) is 0 Å². The van der Waals surface area contributed by atoms with Gasteiger partial charge in [0.15, 0.2) is 11.5 Å². The van der Waals surface area contributed by atoms with Crippen LogP contribution in [0.5, 0.6) is 11.5 Å². The van der Waals surface area contributed by atoms with Gasteiger partial charge in [-0.15, -0.1) is 0 Å². The predicted molar refractivity (Wildman–Crippen MR) is 70.4 cm³/mol. The van der Waals surface area contributed by atoms with Gasteiger partial charge in [0.2, 0.25) is 12.7 Å². The topological polar surface area (TPSA) is 84.9 Å². The van der Waals surface area contributed by atoms with E-state index in [1.807, 2.05) is 12.1 Å². The highest BCUT2D eigenvalue weighted by Crippen LogP contribution is 2.32. The van der Waals surface area contributed by atoms with Gasteiger partial charge in [-0.1, -0.05) is 13.0 Å². The van der Waals surface area contributed by atoms with Crippen LogP contribution in [0.3, 0.4) is 0 Å². The van der Waals surface area contributed by atoms with Gasteiger partial charge in [0.1, 0.15) is 0 Å². The van der Waals surface area contributed by atoms with E-state index in [0.29, 0.717) is 18.0 Å². The summed E-state index contributed by atoms with van der Waals surface area (Å²) in [5.41, 5.74) is 0.911. The molecule has 1 heterocycles. The van der Waals surface area contributed by atoms with Crippen LogP contribution in [-0.4, -0.2) is 23.8 Å². The number of carbonyl (C=O) groups excluding carboxylic acids is 1. The number of hydrogen-bond donors (Lipinski definition) is 2. The molecule has 0 saturated carbocycles. The summed E-state index contributed by atoms with van der Waals surface area (Å²) in [6, 6.07) is 5.48. The van der Waals surface area contributed by atoms with E-state index in [9.17, 15) is 9.59 Å². The van der Waals surface area contributed by atoms with E-state index in [1.165, 1.54) is 0 Å². The number of carboxylic acids is 1. The minimum absolute atomic E-state index is 0.00254. The van der Waals surface area contributed by atoms with Crippen LogP contribution in [0.4, 0.5) is 0 Å². The molecule has 0 saturated heterocycles. The van der Waals surface area contributed by atoms with Gasteiger partial charge in [-0.3, -0.25) is 9.59 Å². The first-order valence-electron chi connectivity index (χ1n) is 6.41. The number of carboxylic acid groups (broad SMARTS) is 1. The summed E-state index contributed by atoms with van der Waals surface area (Å²) in [4.78, 5) is 22.2. The first kappa shape index (κ1) is 14.2. The quantitative estimate of drug-likeness (QED) is 0.825. The molecule has 0 aromatic heterocycles. The maximum Gasteiger partial charge on any atom is 0.303 e. The molecular formula is C14H17NO5.